The van der Waals surface area contributed by atoms with Crippen molar-refractivity contribution < 1.29 is 4.79 Å². The number of anilines is 1. The van der Waals surface area contributed by atoms with Crippen LogP contribution in [0.25, 0.3) is 0 Å². The van der Waals surface area contributed by atoms with Gasteiger partial charge in [0.25, 0.3) is 5.91 Å². The maximum atomic E-state index is 12.6. The van der Waals surface area contributed by atoms with Crippen molar-refractivity contribution >= 4 is 28.9 Å². The second kappa shape index (κ2) is 5.06. The number of rotatable bonds is 2. The van der Waals surface area contributed by atoms with Crippen molar-refractivity contribution in [3.05, 3.63) is 65.7 Å². The Balaban J connectivity index is 1.93. The van der Waals surface area contributed by atoms with Crippen molar-refractivity contribution in [2.45, 2.75) is 13.0 Å². The summed E-state index contributed by atoms with van der Waals surface area (Å²) in [6.45, 7) is 2.01. The molecule has 4 heteroatoms. The first kappa shape index (κ1) is 12.8. The van der Waals surface area contributed by atoms with Gasteiger partial charge in [0.2, 0.25) is 0 Å². The Hall–Kier alpha value is -2.20. The van der Waals surface area contributed by atoms with Crippen LogP contribution in [-0.4, -0.2) is 11.0 Å². The summed E-state index contributed by atoms with van der Waals surface area (Å²) in [4.78, 5) is 14.1. The summed E-state index contributed by atoms with van der Waals surface area (Å²) < 4.78 is 0. The lowest BCUT2D eigenvalue weighted by molar-refractivity contribution is -0.118. The molecular formula is C16H14N2OS. The van der Waals surface area contributed by atoms with Crippen LogP contribution in [0.5, 0.6) is 0 Å². The lowest BCUT2D eigenvalue weighted by atomic mass is 10.1. The molecule has 0 bridgehead atoms. The smallest absolute Gasteiger partial charge is 0.260 e. The van der Waals surface area contributed by atoms with Crippen molar-refractivity contribution in [3.63, 3.8) is 0 Å². The molecule has 2 aromatic carbocycles. The molecule has 3 rings (SSSR count). The molecule has 0 saturated carbocycles. The number of thiocarbonyl (C=S) groups is 1. The van der Waals surface area contributed by atoms with Crippen LogP contribution in [-0.2, 0) is 4.79 Å². The predicted octanol–water partition coefficient (Wildman–Crippen LogP) is 2.96. The van der Waals surface area contributed by atoms with Gasteiger partial charge in [-0.15, -0.1) is 0 Å². The predicted molar refractivity (Wildman–Crippen MR) is 83.6 cm³/mol. The van der Waals surface area contributed by atoms with Crippen LogP contribution in [0.4, 0.5) is 5.69 Å². The van der Waals surface area contributed by atoms with Gasteiger partial charge in [0.15, 0.2) is 5.11 Å². The van der Waals surface area contributed by atoms with E-state index in [1.54, 1.807) is 4.90 Å². The van der Waals surface area contributed by atoms with E-state index >= 15 is 0 Å². The average Bonchev–Trinajstić information content (AvgIpc) is 2.76. The molecule has 1 aliphatic rings. The lowest BCUT2D eigenvalue weighted by Crippen LogP contribution is -2.30. The molecule has 0 radical (unpaired) electrons. The summed E-state index contributed by atoms with van der Waals surface area (Å²) in [7, 11) is 0. The Morgan fingerprint density at radius 2 is 1.70 bits per heavy atom. The van der Waals surface area contributed by atoms with Gasteiger partial charge in [-0.3, -0.25) is 9.69 Å². The van der Waals surface area contributed by atoms with Gasteiger partial charge < -0.3 is 5.32 Å². The van der Waals surface area contributed by atoms with E-state index in [0.29, 0.717) is 5.11 Å². The molecule has 1 aliphatic heterocycles. The fraction of sp³-hybridized carbons (Fsp3) is 0.125. The molecule has 100 valence electrons. The molecule has 0 unspecified atom stereocenters. The largest absolute Gasteiger partial charge is 0.346 e. The zero-order valence-electron chi connectivity index (χ0n) is 11.0. The summed E-state index contributed by atoms with van der Waals surface area (Å²) in [6, 6.07) is 17.0. The second-order valence-electron chi connectivity index (χ2n) is 4.80. The third-order valence-electron chi connectivity index (χ3n) is 3.36. The number of carbonyl (C=O) groups excluding carboxylic acids is 1. The number of nitrogens with zero attached hydrogens (tertiary/aromatic N) is 1. The number of amides is 1. The van der Waals surface area contributed by atoms with Crippen molar-refractivity contribution in [1.82, 2.24) is 5.32 Å². The second-order valence-corrected chi connectivity index (χ2v) is 5.19. The highest BCUT2D eigenvalue weighted by atomic mass is 32.1. The van der Waals surface area contributed by atoms with Gasteiger partial charge in [0.1, 0.15) is 6.04 Å². The SMILES string of the molecule is Cc1ccc(N2C(=O)[C@H](c3ccccc3)NC2=S)cc1. The van der Waals surface area contributed by atoms with Crippen LogP contribution in [0.2, 0.25) is 0 Å². The molecule has 20 heavy (non-hydrogen) atoms. The highest BCUT2D eigenvalue weighted by Crippen LogP contribution is 2.27. The first-order valence-corrected chi connectivity index (χ1v) is 6.84. The van der Waals surface area contributed by atoms with Gasteiger partial charge >= 0.3 is 0 Å². The summed E-state index contributed by atoms with van der Waals surface area (Å²) >= 11 is 5.30. The minimum Gasteiger partial charge on any atom is -0.346 e. The number of nitrogens with one attached hydrogen (secondary N) is 1. The fourth-order valence-corrected chi connectivity index (χ4v) is 2.60. The third-order valence-corrected chi connectivity index (χ3v) is 3.66. The Morgan fingerprint density at radius 1 is 1.05 bits per heavy atom. The summed E-state index contributed by atoms with van der Waals surface area (Å²) in [5.41, 5.74) is 2.88. The highest BCUT2D eigenvalue weighted by molar-refractivity contribution is 7.80. The van der Waals surface area contributed by atoms with Crippen molar-refractivity contribution in [2.24, 2.45) is 0 Å². The number of hydrogen-bond donors (Lipinski definition) is 1. The van der Waals surface area contributed by atoms with E-state index in [-0.39, 0.29) is 5.91 Å². The van der Waals surface area contributed by atoms with Crippen molar-refractivity contribution in [3.8, 4) is 0 Å². The fourth-order valence-electron chi connectivity index (χ4n) is 2.29. The van der Waals surface area contributed by atoms with Gasteiger partial charge in [-0.25, -0.2) is 0 Å². The van der Waals surface area contributed by atoms with E-state index in [1.165, 1.54) is 0 Å². The summed E-state index contributed by atoms with van der Waals surface area (Å²) in [5.74, 6) is -0.0370. The van der Waals surface area contributed by atoms with Gasteiger partial charge in [0, 0.05) is 0 Å². The van der Waals surface area contributed by atoms with E-state index in [2.05, 4.69) is 5.32 Å². The quantitative estimate of drug-likeness (QED) is 0.860. The van der Waals surface area contributed by atoms with E-state index in [0.717, 1.165) is 16.8 Å². The maximum absolute atomic E-state index is 12.6. The average molecular weight is 282 g/mol. The Morgan fingerprint density at radius 3 is 2.35 bits per heavy atom. The summed E-state index contributed by atoms with van der Waals surface area (Å²) in [5, 5.41) is 3.54. The monoisotopic (exact) mass is 282 g/mol. The first-order chi connectivity index (χ1) is 9.66. The van der Waals surface area contributed by atoms with Gasteiger partial charge in [-0.2, -0.15) is 0 Å². The normalized spacial score (nSPS) is 18.2. The molecular weight excluding hydrogens is 268 g/mol. The topological polar surface area (TPSA) is 32.3 Å². The molecule has 0 spiro atoms. The zero-order valence-corrected chi connectivity index (χ0v) is 11.9. The zero-order chi connectivity index (χ0) is 14.1. The number of benzene rings is 2. The Bertz CT molecular complexity index is 652. The van der Waals surface area contributed by atoms with Gasteiger partial charge in [-0.1, -0.05) is 48.0 Å². The third kappa shape index (κ3) is 2.18. The van der Waals surface area contributed by atoms with E-state index < -0.39 is 6.04 Å². The molecule has 0 aromatic heterocycles. The molecule has 1 heterocycles. The van der Waals surface area contributed by atoms with Crippen LogP contribution < -0.4 is 10.2 Å². The molecule has 1 saturated heterocycles. The van der Waals surface area contributed by atoms with Gasteiger partial charge in [-0.05, 0) is 36.8 Å². The number of carbonyl (C=O) groups is 1. The van der Waals surface area contributed by atoms with Gasteiger partial charge in [0.05, 0.1) is 5.69 Å². The molecule has 0 aliphatic carbocycles. The molecule has 2 aromatic rings. The maximum Gasteiger partial charge on any atom is 0.260 e. The van der Waals surface area contributed by atoms with E-state index in [4.69, 9.17) is 12.2 Å². The first-order valence-electron chi connectivity index (χ1n) is 6.43. The van der Waals surface area contributed by atoms with Crippen LogP contribution in [0.15, 0.2) is 54.6 Å². The van der Waals surface area contributed by atoms with Crippen LogP contribution in [0, 0.1) is 6.92 Å². The van der Waals surface area contributed by atoms with Crippen LogP contribution in [0.1, 0.15) is 17.2 Å². The number of hydrogen-bond acceptors (Lipinski definition) is 2. The number of aryl methyl sites for hydroxylation is 1. The molecule has 1 fully saturated rings. The molecule has 1 amide bonds. The Labute approximate surface area is 123 Å². The van der Waals surface area contributed by atoms with Crippen LogP contribution in [0.3, 0.4) is 0 Å². The standard InChI is InChI=1S/C16H14N2OS/c1-11-7-9-13(10-8-11)18-15(19)14(17-16(18)20)12-5-3-2-4-6-12/h2-10,14H,1H3,(H,17,20)/t14-/m0/s1. The molecule has 3 nitrogen and oxygen atoms in total. The van der Waals surface area contributed by atoms with Crippen LogP contribution >= 0.6 is 12.2 Å². The van der Waals surface area contributed by atoms with Crippen molar-refractivity contribution in [1.29, 1.82) is 0 Å². The Kier molecular flexibility index (Phi) is 3.24. The lowest BCUT2D eigenvalue weighted by Gasteiger charge is -2.15. The minimum absolute atomic E-state index is 0.0370. The molecule has 1 atom stereocenters. The van der Waals surface area contributed by atoms with Crippen molar-refractivity contribution in [2.75, 3.05) is 4.90 Å². The highest BCUT2D eigenvalue weighted by Gasteiger charge is 2.37. The van der Waals surface area contributed by atoms with E-state index in [9.17, 15) is 4.79 Å². The minimum atomic E-state index is -0.398. The summed E-state index contributed by atoms with van der Waals surface area (Å²) in [6.07, 6.45) is 0. The molecule has 1 N–H and O–H groups in total. The van der Waals surface area contributed by atoms with E-state index in [1.807, 2.05) is 61.5 Å².